The summed E-state index contributed by atoms with van der Waals surface area (Å²) >= 11 is 0. The summed E-state index contributed by atoms with van der Waals surface area (Å²) in [4.78, 5) is 13.7. The average Bonchev–Trinajstić information content (AvgIpc) is 3.50. The van der Waals surface area contributed by atoms with Crippen LogP contribution in [0.1, 0.15) is 72.5 Å². The van der Waals surface area contributed by atoms with Crippen molar-refractivity contribution in [3.63, 3.8) is 0 Å². The number of aryl methyl sites for hydroxylation is 2. The number of carbonyl (C=O) groups is 1. The third-order valence-electron chi connectivity index (χ3n) is 7.11. The molecule has 0 radical (unpaired) electrons. The van der Waals surface area contributed by atoms with Gasteiger partial charge in [0, 0.05) is 17.9 Å². The molecule has 0 amide bonds. The Morgan fingerprint density at radius 3 is 2.18 bits per heavy atom. The quantitative estimate of drug-likeness (QED) is 0.711. The monoisotopic (exact) mass is 375 g/mol. The maximum absolute atomic E-state index is 11.2. The number of rotatable bonds is 5. The minimum absolute atomic E-state index is 0.353. The molecule has 1 saturated carbocycles. The molecule has 5 rings (SSSR count). The van der Waals surface area contributed by atoms with E-state index in [1.54, 1.807) is 28.8 Å². The highest BCUT2D eigenvalue weighted by Crippen LogP contribution is 2.48. The standard InChI is InChI=1S/C25H29NO2/c1-25-12-2-4-19-14-22(15-20(23(19)25)5-3-13-25)26(16-17-6-7-17)21-10-8-18(9-11-21)24(27)28/h8-11,14-15,17H,2-7,12-13,16H2,1H3,(H,27,28). The molecule has 146 valence electrons. The van der Waals surface area contributed by atoms with Crippen molar-refractivity contribution in [3.05, 3.63) is 58.7 Å². The van der Waals surface area contributed by atoms with Gasteiger partial charge in [0.05, 0.1) is 5.56 Å². The predicted molar refractivity (Wildman–Crippen MR) is 113 cm³/mol. The summed E-state index contributed by atoms with van der Waals surface area (Å²) in [5, 5.41) is 9.23. The van der Waals surface area contributed by atoms with Gasteiger partial charge in [-0.3, -0.25) is 0 Å². The second-order valence-corrected chi connectivity index (χ2v) is 9.31. The molecule has 2 aromatic carbocycles. The lowest BCUT2D eigenvalue weighted by Crippen LogP contribution is -2.33. The summed E-state index contributed by atoms with van der Waals surface area (Å²) in [6.07, 6.45) is 10.2. The zero-order chi connectivity index (χ0) is 19.3. The average molecular weight is 376 g/mol. The zero-order valence-electron chi connectivity index (χ0n) is 16.7. The van der Waals surface area contributed by atoms with Crippen molar-refractivity contribution in [1.82, 2.24) is 0 Å². The molecule has 0 bridgehead atoms. The van der Waals surface area contributed by atoms with Gasteiger partial charge in [-0.15, -0.1) is 0 Å². The first-order chi connectivity index (χ1) is 13.5. The van der Waals surface area contributed by atoms with E-state index in [1.807, 2.05) is 12.1 Å². The fourth-order valence-corrected chi connectivity index (χ4v) is 5.49. The third-order valence-corrected chi connectivity index (χ3v) is 7.11. The molecular formula is C25H29NO2. The second kappa shape index (κ2) is 6.65. The summed E-state index contributed by atoms with van der Waals surface area (Å²) in [5.41, 5.74) is 7.92. The van der Waals surface area contributed by atoms with Gasteiger partial charge < -0.3 is 10.0 Å². The van der Waals surface area contributed by atoms with Crippen LogP contribution in [0.15, 0.2) is 36.4 Å². The number of aromatic carboxylic acids is 1. The van der Waals surface area contributed by atoms with Crippen molar-refractivity contribution in [2.45, 2.75) is 63.7 Å². The Morgan fingerprint density at radius 2 is 1.64 bits per heavy atom. The van der Waals surface area contributed by atoms with Gasteiger partial charge in [-0.2, -0.15) is 0 Å². The largest absolute Gasteiger partial charge is 0.478 e. The first-order valence-electron chi connectivity index (χ1n) is 10.8. The van der Waals surface area contributed by atoms with Gasteiger partial charge in [-0.05, 0) is 116 Å². The topological polar surface area (TPSA) is 40.5 Å². The summed E-state index contributed by atoms with van der Waals surface area (Å²) in [6.45, 7) is 3.50. The van der Waals surface area contributed by atoms with Crippen LogP contribution < -0.4 is 4.90 Å². The minimum atomic E-state index is -0.863. The van der Waals surface area contributed by atoms with Gasteiger partial charge in [-0.1, -0.05) is 6.92 Å². The molecule has 1 fully saturated rings. The highest BCUT2D eigenvalue weighted by atomic mass is 16.4. The van der Waals surface area contributed by atoms with Gasteiger partial charge in [0.15, 0.2) is 0 Å². The SMILES string of the molecule is CC12CCCc3cc(N(CC4CC4)c4ccc(C(=O)O)cc4)cc(c31)CCC2. The summed E-state index contributed by atoms with van der Waals surface area (Å²) in [6, 6.07) is 12.3. The van der Waals surface area contributed by atoms with E-state index in [-0.39, 0.29) is 0 Å². The number of carboxylic acid groups (broad SMARTS) is 1. The zero-order valence-corrected chi connectivity index (χ0v) is 16.7. The number of anilines is 2. The maximum atomic E-state index is 11.2. The van der Waals surface area contributed by atoms with Crippen molar-refractivity contribution < 1.29 is 9.90 Å². The van der Waals surface area contributed by atoms with Crippen LogP contribution in [0.25, 0.3) is 0 Å². The van der Waals surface area contributed by atoms with Crippen LogP contribution in [0.5, 0.6) is 0 Å². The molecule has 1 N–H and O–H groups in total. The number of nitrogens with zero attached hydrogens (tertiary/aromatic N) is 1. The van der Waals surface area contributed by atoms with Crippen LogP contribution in [0.2, 0.25) is 0 Å². The Kier molecular flexibility index (Phi) is 4.22. The molecule has 2 aromatic rings. The van der Waals surface area contributed by atoms with Gasteiger partial charge in [0.2, 0.25) is 0 Å². The molecule has 0 aromatic heterocycles. The van der Waals surface area contributed by atoms with Crippen molar-refractivity contribution >= 4 is 17.3 Å². The van der Waals surface area contributed by atoms with Crippen LogP contribution in [-0.2, 0) is 18.3 Å². The Bertz CT molecular complexity index is 880. The normalized spacial score (nSPS) is 19.8. The van der Waals surface area contributed by atoms with E-state index in [0.29, 0.717) is 11.0 Å². The first-order valence-corrected chi connectivity index (χ1v) is 10.8. The Hall–Kier alpha value is -2.29. The molecule has 28 heavy (non-hydrogen) atoms. The number of hydrogen-bond donors (Lipinski definition) is 1. The molecule has 3 aliphatic rings. The highest BCUT2D eigenvalue weighted by Gasteiger charge is 2.37. The molecule has 3 nitrogen and oxygen atoms in total. The molecule has 0 atom stereocenters. The Morgan fingerprint density at radius 1 is 1.04 bits per heavy atom. The van der Waals surface area contributed by atoms with Crippen LogP contribution in [0, 0.1) is 5.92 Å². The van der Waals surface area contributed by atoms with Crippen LogP contribution >= 0.6 is 0 Å². The lowest BCUT2D eigenvalue weighted by molar-refractivity contribution is 0.0697. The van der Waals surface area contributed by atoms with Crippen LogP contribution in [-0.4, -0.2) is 17.6 Å². The Labute approximate surface area is 167 Å². The molecule has 0 heterocycles. The summed E-state index contributed by atoms with van der Waals surface area (Å²) < 4.78 is 0. The number of carboxylic acids is 1. The molecule has 0 saturated heterocycles. The Balaban J connectivity index is 1.57. The van der Waals surface area contributed by atoms with Crippen molar-refractivity contribution in [2.24, 2.45) is 5.92 Å². The molecule has 3 aliphatic carbocycles. The van der Waals surface area contributed by atoms with E-state index in [0.717, 1.165) is 18.2 Å². The smallest absolute Gasteiger partial charge is 0.335 e. The van der Waals surface area contributed by atoms with Crippen molar-refractivity contribution in [1.29, 1.82) is 0 Å². The van der Waals surface area contributed by atoms with Gasteiger partial charge in [0.25, 0.3) is 0 Å². The number of benzene rings is 2. The molecule has 0 unspecified atom stereocenters. The molecule has 0 aliphatic heterocycles. The van der Waals surface area contributed by atoms with Gasteiger partial charge in [-0.25, -0.2) is 4.79 Å². The van der Waals surface area contributed by atoms with E-state index in [1.165, 1.54) is 57.1 Å². The molecule has 0 spiro atoms. The van der Waals surface area contributed by atoms with E-state index in [9.17, 15) is 9.90 Å². The minimum Gasteiger partial charge on any atom is -0.478 e. The van der Waals surface area contributed by atoms with Gasteiger partial charge >= 0.3 is 5.97 Å². The maximum Gasteiger partial charge on any atom is 0.335 e. The third kappa shape index (κ3) is 3.11. The van der Waals surface area contributed by atoms with E-state index < -0.39 is 5.97 Å². The first kappa shape index (κ1) is 17.8. The lowest BCUT2D eigenvalue weighted by Gasteiger charge is -2.42. The van der Waals surface area contributed by atoms with Crippen LogP contribution in [0.4, 0.5) is 11.4 Å². The van der Waals surface area contributed by atoms with E-state index >= 15 is 0 Å². The summed E-state index contributed by atoms with van der Waals surface area (Å²) in [7, 11) is 0. The van der Waals surface area contributed by atoms with Gasteiger partial charge in [0.1, 0.15) is 0 Å². The summed E-state index contributed by atoms with van der Waals surface area (Å²) in [5.74, 6) is -0.102. The van der Waals surface area contributed by atoms with Crippen molar-refractivity contribution in [3.8, 4) is 0 Å². The van der Waals surface area contributed by atoms with E-state index in [4.69, 9.17) is 0 Å². The number of hydrogen-bond acceptors (Lipinski definition) is 2. The highest BCUT2D eigenvalue weighted by molar-refractivity contribution is 5.88. The fraction of sp³-hybridized carbons (Fsp3) is 0.480. The molecular weight excluding hydrogens is 346 g/mol. The fourth-order valence-electron chi connectivity index (χ4n) is 5.49. The van der Waals surface area contributed by atoms with E-state index in [2.05, 4.69) is 24.0 Å². The van der Waals surface area contributed by atoms with Crippen molar-refractivity contribution in [2.75, 3.05) is 11.4 Å². The molecule has 3 heteroatoms. The lowest BCUT2D eigenvalue weighted by atomic mass is 9.63. The second-order valence-electron chi connectivity index (χ2n) is 9.31. The predicted octanol–water partition coefficient (Wildman–Crippen LogP) is 5.86. The van der Waals surface area contributed by atoms with Crippen LogP contribution in [0.3, 0.4) is 0 Å².